The number of anilines is 1. The molecule has 1 aromatic carbocycles. The minimum atomic E-state index is -2.93. The fourth-order valence-corrected chi connectivity index (χ4v) is 4.35. The van der Waals surface area contributed by atoms with Crippen molar-refractivity contribution in [1.82, 2.24) is 20.0 Å². The van der Waals surface area contributed by atoms with E-state index in [0.717, 1.165) is 0 Å². The van der Waals surface area contributed by atoms with E-state index in [1.54, 1.807) is 25.7 Å². The molecule has 0 aliphatic carbocycles. The van der Waals surface area contributed by atoms with Gasteiger partial charge in [-0.1, -0.05) is 23.7 Å². The van der Waals surface area contributed by atoms with Gasteiger partial charge in [0.2, 0.25) is 0 Å². The highest BCUT2D eigenvalue weighted by Crippen LogP contribution is 2.37. The Morgan fingerprint density at radius 3 is 2.67 bits per heavy atom. The molecule has 4 rings (SSSR count). The molecule has 3 heterocycles. The molecule has 176 valence electrons. The first-order chi connectivity index (χ1) is 15.6. The number of rotatable bonds is 5. The van der Waals surface area contributed by atoms with Crippen LogP contribution in [0.5, 0.6) is 5.75 Å². The third-order valence-electron chi connectivity index (χ3n) is 6.04. The van der Waals surface area contributed by atoms with Crippen molar-refractivity contribution in [2.24, 2.45) is 0 Å². The van der Waals surface area contributed by atoms with Gasteiger partial charge in [0.1, 0.15) is 17.3 Å². The second-order valence-corrected chi connectivity index (χ2v) is 8.76. The summed E-state index contributed by atoms with van der Waals surface area (Å²) in [5.74, 6) is -1.91. The second-order valence-electron chi connectivity index (χ2n) is 8.35. The van der Waals surface area contributed by atoms with Crippen molar-refractivity contribution >= 4 is 17.4 Å². The molecule has 0 saturated carbocycles. The predicted molar refractivity (Wildman–Crippen MR) is 123 cm³/mol. The van der Waals surface area contributed by atoms with Crippen LogP contribution in [0.3, 0.4) is 0 Å². The van der Waals surface area contributed by atoms with E-state index in [2.05, 4.69) is 20.4 Å². The molecule has 7 nitrogen and oxygen atoms in total. The van der Waals surface area contributed by atoms with Gasteiger partial charge in [0.15, 0.2) is 5.82 Å². The summed E-state index contributed by atoms with van der Waals surface area (Å²) in [4.78, 5) is 11.0. The molecule has 0 bridgehead atoms. The van der Waals surface area contributed by atoms with E-state index < -0.39 is 12.0 Å². The van der Waals surface area contributed by atoms with Crippen molar-refractivity contribution in [2.45, 2.75) is 46.1 Å². The van der Waals surface area contributed by atoms with E-state index in [1.165, 1.54) is 18.2 Å². The summed E-state index contributed by atoms with van der Waals surface area (Å²) in [6, 6.07) is 3.35. The smallest absolute Gasteiger partial charge is 0.280 e. The molecule has 1 unspecified atom stereocenters. The lowest BCUT2D eigenvalue weighted by atomic mass is 9.99. The van der Waals surface area contributed by atoms with Crippen LogP contribution in [-0.2, 0) is 0 Å². The lowest BCUT2D eigenvalue weighted by molar-refractivity contribution is -0.0725. The van der Waals surface area contributed by atoms with Crippen LogP contribution in [-0.4, -0.2) is 56.7 Å². The molecule has 33 heavy (non-hydrogen) atoms. The topological polar surface area (TPSA) is 87.3 Å². The van der Waals surface area contributed by atoms with E-state index in [0.29, 0.717) is 52.0 Å². The highest BCUT2D eigenvalue weighted by Gasteiger charge is 2.44. The van der Waals surface area contributed by atoms with Crippen molar-refractivity contribution in [3.63, 3.8) is 0 Å². The van der Waals surface area contributed by atoms with Gasteiger partial charge in [0, 0.05) is 17.7 Å². The largest absolute Gasteiger partial charge is 0.508 e. The zero-order valence-corrected chi connectivity index (χ0v) is 19.7. The summed E-state index contributed by atoms with van der Waals surface area (Å²) in [7, 11) is 0. The van der Waals surface area contributed by atoms with Crippen LogP contribution in [0, 0.1) is 20.8 Å². The van der Waals surface area contributed by atoms with Crippen molar-refractivity contribution in [1.29, 1.82) is 0 Å². The molecule has 0 amide bonds. The van der Waals surface area contributed by atoms with Gasteiger partial charge in [-0.05, 0) is 51.9 Å². The monoisotopic (exact) mass is 477 g/mol. The maximum Gasteiger partial charge on any atom is 0.280 e. The summed E-state index contributed by atoms with van der Waals surface area (Å²) >= 11 is 6.36. The van der Waals surface area contributed by atoms with Crippen LogP contribution >= 0.6 is 11.6 Å². The maximum atomic E-state index is 14.9. The number of piperidine rings is 1. The van der Waals surface area contributed by atoms with Gasteiger partial charge < -0.3 is 14.9 Å². The maximum absolute atomic E-state index is 14.9. The zero-order chi connectivity index (χ0) is 23.9. The average molecular weight is 478 g/mol. The Balaban J connectivity index is 1.84. The molecular formula is C23H26ClF2N5O2. The first kappa shape index (κ1) is 23.4. The molecule has 1 aliphatic rings. The molecule has 3 aromatic rings. The lowest BCUT2D eigenvalue weighted by Crippen LogP contribution is -2.54. The van der Waals surface area contributed by atoms with Crippen molar-refractivity contribution in [3.05, 3.63) is 40.2 Å². The first-order valence-corrected chi connectivity index (χ1v) is 11.2. The van der Waals surface area contributed by atoms with Crippen LogP contribution in [0.4, 0.5) is 14.6 Å². The zero-order valence-electron chi connectivity index (χ0n) is 18.9. The lowest BCUT2D eigenvalue weighted by Gasteiger charge is -2.38. The molecule has 2 aromatic heterocycles. The van der Waals surface area contributed by atoms with Gasteiger partial charge >= 0.3 is 0 Å². The fourth-order valence-electron chi connectivity index (χ4n) is 4.15. The number of nitrogens with zero attached hydrogens (tertiary/aromatic N) is 4. The Kier molecular flexibility index (Phi) is 6.28. The van der Waals surface area contributed by atoms with Gasteiger partial charge in [-0.3, -0.25) is 4.90 Å². The third kappa shape index (κ3) is 4.52. The number of alkyl halides is 2. The van der Waals surface area contributed by atoms with Crippen LogP contribution in [0.2, 0.25) is 5.02 Å². The van der Waals surface area contributed by atoms with E-state index in [1.807, 2.05) is 6.92 Å². The number of hydrogen-bond donors (Lipinski definition) is 2. The second kappa shape index (κ2) is 8.87. The highest BCUT2D eigenvalue weighted by atomic mass is 35.5. The Hall–Kier alpha value is -2.78. The summed E-state index contributed by atoms with van der Waals surface area (Å²) in [5, 5.41) is 17.3. The average Bonchev–Trinajstić information content (AvgIpc) is 3.10. The number of aromatic hydroxyl groups is 1. The van der Waals surface area contributed by atoms with E-state index in [9.17, 15) is 13.9 Å². The highest BCUT2D eigenvalue weighted by molar-refractivity contribution is 6.33. The molecular weight excluding hydrogens is 452 g/mol. The summed E-state index contributed by atoms with van der Waals surface area (Å²) in [6.45, 7) is 8.03. The van der Waals surface area contributed by atoms with Crippen LogP contribution < -0.4 is 5.32 Å². The minimum absolute atomic E-state index is 0.00885. The van der Waals surface area contributed by atoms with Crippen molar-refractivity contribution in [2.75, 3.05) is 25.0 Å². The SMILES string of the molecule is CCN1CCC(Nc2nc(-c3cc(O)ccc3Cl)nc(-c3c(C)noc3C)c2C)C(F)(F)C1. The summed E-state index contributed by atoms with van der Waals surface area (Å²) in [6.07, 6.45) is 0.271. The molecule has 1 fully saturated rings. The van der Waals surface area contributed by atoms with Gasteiger partial charge in [0.05, 0.1) is 34.6 Å². The van der Waals surface area contributed by atoms with Gasteiger partial charge in [-0.25, -0.2) is 18.7 Å². The van der Waals surface area contributed by atoms with Crippen LogP contribution in [0.25, 0.3) is 22.6 Å². The van der Waals surface area contributed by atoms with E-state index in [4.69, 9.17) is 16.1 Å². The molecule has 1 aliphatic heterocycles. The molecule has 2 N–H and O–H groups in total. The molecule has 1 atom stereocenters. The molecule has 1 saturated heterocycles. The Bertz CT molecular complexity index is 1160. The third-order valence-corrected chi connectivity index (χ3v) is 6.37. The molecule has 10 heteroatoms. The number of phenolic OH excluding ortho intramolecular Hbond substituents is 1. The predicted octanol–water partition coefficient (Wildman–Crippen LogP) is 5.22. The quantitative estimate of drug-likeness (QED) is 0.520. The number of aryl methyl sites for hydroxylation is 2. The van der Waals surface area contributed by atoms with Gasteiger partial charge in [0.25, 0.3) is 5.92 Å². The number of halogens is 3. The number of hydrogen-bond acceptors (Lipinski definition) is 7. The molecule has 0 radical (unpaired) electrons. The van der Waals surface area contributed by atoms with Crippen LogP contribution in [0.15, 0.2) is 22.7 Å². The van der Waals surface area contributed by atoms with Crippen molar-refractivity contribution in [3.8, 4) is 28.4 Å². The van der Waals surface area contributed by atoms with Crippen LogP contribution in [0.1, 0.15) is 30.4 Å². The van der Waals surface area contributed by atoms with E-state index in [-0.39, 0.29) is 30.4 Å². The van der Waals surface area contributed by atoms with Gasteiger partial charge in [-0.15, -0.1) is 0 Å². The van der Waals surface area contributed by atoms with Gasteiger partial charge in [-0.2, -0.15) is 0 Å². The number of likely N-dealkylation sites (tertiary alicyclic amines) is 1. The van der Waals surface area contributed by atoms with Crippen molar-refractivity contribution < 1.29 is 18.4 Å². The fraction of sp³-hybridized carbons (Fsp3) is 0.435. The minimum Gasteiger partial charge on any atom is -0.508 e. The Morgan fingerprint density at radius 1 is 1.27 bits per heavy atom. The first-order valence-electron chi connectivity index (χ1n) is 10.8. The normalized spacial score (nSPS) is 18.5. The summed E-state index contributed by atoms with van der Waals surface area (Å²) < 4.78 is 35.2. The number of benzene rings is 1. The van der Waals surface area contributed by atoms with E-state index >= 15 is 0 Å². The Morgan fingerprint density at radius 2 is 2.03 bits per heavy atom. The number of nitrogens with one attached hydrogen (secondary N) is 1. The summed E-state index contributed by atoms with van der Waals surface area (Å²) in [5.41, 5.74) is 2.78. The molecule has 0 spiro atoms. The Labute approximate surface area is 195 Å². The standard InChI is InChI=1S/C23H26ClF2N5O2/c1-5-31-9-8-18(23(25,26)11-31)27-21-12(2)20(19-13(3)30-33-14(19)4)28-22(29-21)16-10-15(32)6-7-17(16)24/h6-7,10,18,32H,5,8-9,11H2,1-4H3,(H,27,28,29). The number of phenols is 1. The number of aromatic nitrogens is 3.